The van der Waals surface area contributed by atoms with Gasteiger partial charge in [-0.1, -0.05) is 0 Å². The van der Waals surface area contributed by atoms with Gasteiger partial charge in [-0.2, -0.15) is 4.31 Å². The highest BCUT2D eigenvalue weighted by atomic mass is 32.2. The molecule has 3 heterocycles. The van der Waals surface area contributed by atoms with Gasteiger partial charge in [0.2, 0.25) is 0 Å². The van der Waals surface area contributed by atoms with Crippen LogP contribution in [0.5, 0.6) is 5.88 Å². The summed E-state index contributed by atoms with van der Waals surface area (Å²) in [7, 11) is 1.25. The maximum atomic E-state index is 12.7. The van der Waals surface area contributed by atoms with Crippen molar-refractivity contribution in [2.24, 2.45) is 7.05 Å². The number of ether oxygens (including phenoxy) is 1. The van der Waals surface area contributed by atoms with Gasteiger partial charge < -0.3 is 14.2 Å². The third-order valence-electron chi connectivity index (χ3n) is 4.14. The van der Waals surface area contributed by atoms with E-state index in [0.29, 0.717) is 31.2 Å². The average Bonchev–Trinajstić information content (AvgIpc) is 3.23. The second-order valence-electron chi connectivity index (χ2n) is 5.68. The summed E-state index contributed by atoms with van der Waals surface area (Å²) in [6.07, 6.45) is 6.84. The Morgan fingerprint density at radius 2 is 2.04 bits per heavy atom. The van der Waals surface area contributed by atoms with Crippen LogP contribution in [0.4, 0.5) is 5.82 Å². The molecule has 1 aliphatic heterocycles. The van der Waals surface area contributed by atoms with Crippen molar-refractivity contribution in [3.8, 4) is 5.88 Å². The Balaban J connectivity index is 1.78. The number of imidazole rings is 1. The highest BCUT2D eigenvalue weighted by Gasteiger charge is 2.35. The maximum Gasteiger partial charge on any atom is 0.262 e. The molecule has 1 saturated heterocycles. The van der Waals surface area contributed by atoms with Crippen molar-refractivity contribution >= 4 is 15.8 Å². The summed E-state index contributed by atoms with van der Waals surface area (Å²) in [4.78, 5) is 14.4. The summed E-state index contributed by atoms with van der Waals surface area (Å²) in [6.45, 7) is 1.21. The normalized spacial score (nSPS) is 18.3. The molecule has 24 heavy (non-hydrogen) atoms. The number of aromatic nitrogens is 4. The van der Waals surface area contributed by atoms with E-state index in [1.54, 1.807) is 38.2 Å². The molecule has 1 fully saturated rings. The van der Waals surface area contributed by atoms with Crippen molar-refractivity contribution < 1.29 is 13.2 Å². The minimum Gasteiger partial charge on any atom is -0.478 e. The molecule has 130 valence electrons. The summed E-state index contributed by atoms with van der Waals surface area (Å²) in [6, 6.07) is -0.163. The third-order valence-corrected chi connectivity index (χ3v) is 5.94. The van der Waals surface area contributed by atoms with Crippen LogP contribution >= 0.6 is 0 Å². The molecule has 0 unspecified atom stereocenters. The number of aryl methyl sites for hydroxylation is 1. The number of nitrogens with zero attached hydrogens (tertiary/aromatic N) is 6. The van der Waals surface area contributed by atoms with Crippen molar-refractivity contribution in [1.82, 2.24) is 23.8 Å². The summed E-state index contributed by atoms with van der Waals surface area (Å²) in [5, 5.41) is 0.0584. The van der Waals surface area contributed by atoms with Crippen LogP contribution in [-0.4, -0.2) is 65.5 Å². The topological polar surface area (TPSA) is 93.5 Å². The number of hydrogen-bond donors (Lipinski definition) is 0. The second kappa shape index (κ2) is 6.36. The van der Waals surface area contributed by atoms with Crippen molar-refractivity contribution in [3.63, 3.8) is 0 Å². The first-order chi connectivity index (χ1) is 11.4. The lowest BCUT2D eigenvalue weighted by atomic mass is 10.3. The largest absolute Gasteiger partial charge is 0.478 e. The molecule has 10 heteroatoms. The molecule has 0 aromatic carbocycles. The van der Waals surface area contributed by atoms with E-state index in [4.69, 9.17) is 4.74 Å². The van der Waals surface area contributed by atoms with Crippen LogP contribution in [0.25, 0.3) is 0 Å². The van der Waals surface area contributed by atoms with Crippen LogP contribution < -0.4 is 9.64 Å². The molecule has 2 aromatic rings. The molecule has 0 amide bonds. The van der Waals surface area contributed by atoms with E-state index >= 15 is 0 Å². The van der Waals surface area contributed by atoms with Crippen molar-refractivity contribution in [3.05, 3.63) is 24.9 Å². The molecular formula is C14H20N6O3S. The Hall–Kier alpha value is -2.20. The van der Waals surface area contributed by atoms with E-state index in [1.165, 1.54) is 16.8 Å². The van der Waals surface area contributed by atoms with Gasteiger partial charge in [-0.3, -0.25) is 0 Å². The molecule has 0 radical (unpaired) electrons. The summed E-state index contributed by atoms with van der Waals surface area (Å²) < 4.78 is 33.6. The zero-order chi connectivity index (χ0) is 17.3. The van der Waals surface area contributed by atoms with Gasteiger partial charge in [0.05, 0.1) is 13.4 Å². The van der Waals surface area contributed by atoms with E-state index in [9.17, 15) is 8.42 Å². The van der Waals surface area contributed by atoms with Gasteiger partial charge in [-0.05, 0) is 6.42 Å². The molecule has 0 bridgehead atoms. The van der Waals surface area contributed by atoms with Gasteiger partial charge in [-0.25, -0.2) is 23.4 Å². The molecule has 3 rings (SSSR count). The smallest absolute Gasteiger partial charge is 0.262 e. The van der Waals surface area contributed by atoms with Crippen LogP contribution in [0.15, 0.2) is 29.9 Å². The van der Waals surface area contributed by atoms with E-state index in [1.807, 2.05) is 4.90 Å². The maximum absolute atomic E-state index is 12.7. The van der Waals surface area contributed by atoms with Gasteiger partial charge in [0.25, 0.3) is 15.9 Å². The lowest BCUT2D eigenvalue weighted by molar-refractivity contribution is 0.386. The van der Waals surface area contributed by atoms with Gasteiger partial charge in [0.15, 0.2) is 10.8 Å². The molecule has 2 aromatic heterocycles. The molecule has 0 N–H and O–H groups in total. The van der Waals surface area contributed by atoms with E-state index < -0.39 is 10.0 Å². The first kappa shape index (κ1) is 16.7. The predicted molar refractivity (Wildman–Crippen MR) is 87.4 cm³/mol. The van der Waals surface area contributed by atoms with Crippen molar-refractivity contribution in [2.45, 2.75) is 17.5 Å². The number of sulfonamides is 1. The van der Waals surface area contributed by atoms with Crippen molar-refractivity contribution in [1.29, 1.82) is 0 Å². The lowest BCUT2D eigenvalue weighted by Gasteiger charge is -2.24. The Kier molecular flexibility index (Phi) is 4.41. The minimum absolute atomic E-state index is 0.0584. The highest BCUT2D eigenvalue weighted by Crippen LogP contribution is 2.28. The summed E-state index contributed by atoms with van der Waals surface area (Å²) in [5.41, 5.74) is 0. The fourth-order valence-corrected chi connectivity index (χ4v) is 4.12. The Labute approximate surface area is 141 Å². The van der Waals surface area contributed by atoms with Gasteiger partial charge >= 0.3 is 0 Å². The van der Waals surface area contributed by atoms with Gasteiger partial charge in [0.1, 0.15) is 0 Å². The number of methoxy groups -OCH3 is 1. The van der Waals surface area contributed by atoms with Crippen LogP contribution in [0.2, 0.25) is 0 Å². The first-order valence-corrected chi connectivity index (χ1v) is 8.93. The lowest BCUT2D eigenvalue weighted by Crippen LogP contribution is -2.39. The zero-order valence-electron chi connectivity index (χ0n) is 13.8. The first-order valence-electron chi connectivity index (χ1n) is 7.49. The van der Waals surface area contributed by atoms with Crippen LogP contribution in [0, 0.1) is 0 Å². The Bertz CT molecular complexity index is 821. The number of anilines is 1. The Morgan fingerprint density at radius 3 is 2.71 bits per heavy atom. The molecule has 0 saturated carbocycles. The second-order valence-corrected chi connectivity index (χ2v) is 7.62. The molecule has 0 spiro atoms. The average molecular weight is 352 g/mol. The highest BCUT2D eigenvalue weighted by molar-refractivity contribution is 7.89. The van der Waals surface area contributed by atoms with E-state index in [2.05, 4.69) is 15.0 Å². The number of hydrogen-bond acceptors (Lipinski definition) is 7. The fraction of sp³-hybridized carbons (Fsp3) is 0.500. The quantitative estimate of drug-likeness (QED) is 0.754. The number of likely N-dealkylation sites (N-methyl/N-ethyl adjacent to an activating group) is 1. The fourth-order valence-electron chi connectivity index (χ4n) is 2.78. The molecule has 1 aliphatic rings. The number of rotatable bonds is 5. The minimum atomic E-state index is -3.62. The third kappa shape index (κ3) is 2.94. The summed E-state index contributed by atoms with van der Waals surface area (Å²) in [5.74, 6) is 1.07. The van der Waals surface area contributed by atoms with Crippen LogP contribution in [0.3, 0.4) is 0 Å². The van der Waals surface area contributed by atoms with Crippen molar-refractivity contribution in [2.75, 3.05) is 32.1 Å². The monoisotopic (exact) mass is 352 g/mol. The van der Waals surface area contributed by atoms with Crippen LogP contribution in [0.1, 0.15) is 6.42 Å². The molecular weight excluding hydrogens is 332 g/mol. The van der Waals surface area contributed by atoms with Crippen LogP contribution in [-0.2, 0) is 17.1 Å². The van der Waals surface area contributed by atoms with Gasteiger partial charge in [-0.15, -0.1) is 0 Å². The van der Waals surface area contributed by atoms with E-state index in [-0.39, 0.29) is 11.1 Å². The molecule has 1 atom stereocenters. The SMILES string of the molecule is COc1nccnc1N1CC[C@H](N(C)S(=O)(=O)c2cn(C)cn2)C1. The predicted octanol–water partition coefficient (Wildman–Crippen LogP) is 0.118. The zero-order valence-corrected chi connectivity index (χ0v) is 14.6. The molecule has 0 aliphatic carbocycles. The van der Waals surface area contributed by atoms with Gasteiger partial charge in [0, 0.05) is 51.8 Å². The van der Waals surface area contributed by atoms with E-state index in [0.717, 1.165) is 0 Å². The Morgan fingerprint density at radius 1 is 1.29 bits per heavy atom. The summed E-state index contributed by atoms with van der Waals surface area (Å²) >= 11 is 0. The standard InChI is InChI=1S/C14H20N6O3S/c1-18-9-12(17-10-18)24(21,22)19(2)11-4-7-20(8-11)13-14(23-3)16-6-5-15-13/h5-6,9-11H,4,7-8H2,1-3H3/t11-/m0/s1. The molecule has 9 nitrogen and oxygen atoms in total.